The van der Waals surface area contributed by atoms with E-state index < -0.39 is 71.6 Å². The molecule has 1 aliphatic heterocycles. The maximum atomic E-state index is 14.5. The van der Waals surface area contributed by atoms with Gasteiger partial charge < -0.3 is 59.1 Å². The molecule has 0 saturated heterocycles. The number of guanidine groups is 1. The summed E-state index contributed by atoms with van der Waals surface area (Å²) in [6, 6.07) is 16.1. The summed E-state index contributed by atoms with van der Waals surface area (Å²) in [5, 5.41) is 17.4. The number of benzene rings is 3. The van der Waals surface area contributed by atoms with E-state index in [0.717, 1.165) is 10.9 Å². The van der Waals surface area contributed by atoms with Crippen molar-refractivity contribution in [2.75, 3.05) is 13.1 Å². The number of H-pyrrole nitrogens is 2. The standard InChI is InChI=1S/C46H55N13O7/c47-39(60)34-17-8-9-19-51-40(61)31-14-4-5-15-32(31)41(62)57-38(23-29-25-50-26-54-29)45(66)58-36(21-27-11-2-1-3-12-27)43(64)56-35(18-10-20-52-46(48)49)42(63)59-37(44(65)55-34)22-28-24-53-33-16-7-6-13-30(28)33/h1-7,11-16,24-26,34-38,53H,8-10,17-23H2,(H2,47,60)(H,50,54)(H,51,61)(H,55,65)(H,56,64)(H,57,62)(H,58,66)(H,59,63)(H4,48,49,52)/t34-,35-,36+,37-,38-/m0/s1. The van der Waals surface area contributed by atoms with Gasteiger partial charge in [-0.2, -0.15) is 0 Å². The van der Waals surface area contributed by atoms with Gasteiger partial charge in [-0.15, -0.1) is 0 Å². The number of nitrogens with zero attached hydrogens (tertiary/aromatic N) is 2. The predicted octanol–water partition coefficient (Wildman–Crippen LogP) is 0.109. The van der Waals surface area contributed by atoms with Crippen molar-refractivity contribution in [1.29, 1.82) is 0 Å². The van der Waals surface area contributed by atoms with Gasteiger partial charge in [0.25, 0.3) is 11.8 Å². The molecule has 3 aromatic carbocycles. The number of primary amides is 1. The van der Waals surface area contributed by atoms with E-state index in [0.29, 0.717) is 29.7 Å². The number of hydrogen-bond acceptors (Lipinski definition) is 9. The SMILES string of the molecule is NC(=O)[C@@H]1CCCCNC(=O)c2ccccc2C(=O)N[C@@H](Cc2cnc[nH]2)C(=O)N[C@H](Cc2ccccc2)C(=O)N[C@@H](CCCN=C(N)N)C(=O)N[C@@H](Cc2c[nH]c3ccccc23)C(=O)N1. The number of carbonyl (C=O) groups is 7. The molecule has 66 heavy (non-hydrogen) atoms. The number of carbonyl (C=O) groups excluding carboxylic acids is 7. The van der Waals surface area contributed by atoms with Gasteiger partial charge in [0.1, 0.15) is 30.2 Å². The molecule has 0 radical (unpaired) electrons. The summed E-state index contributed by atoms with van der Waals surface area (Å²) < 4.78 is 0. The largest absolute Gasteiger partial charge is 0.370 e. The highest BCUT2D eigenvalue weighted by Crippen LogP contribution is 2.20. The minimum Gasteiger partial charge on any atom is -0.370 e. The number of imidazole rings is 1. The fourth-order valence-electron chi connectivity index (χ4n) is 7.65. The van der Waals surface area contributed by atoms with Gasteiger partial charge in [-0.25, -0.2) is 4.98 Å². The quantitative estimate of drug-likeness (QED) is 0.0483. The summed E-state index contributed by atoms with van der Waals surface area (Å²) in [5.41, 5.74) is 19.6. The lowest BCUT2D eigenvalue weighted by molar-refractivity contribution is -0.134. The number of hydrogen-bond donors (Lipinski definition) is 11. The Balaban J connectivity index is 1.38. The molecule has 346 valence electrons. The third kappa shape index (κ3) is 13.3. The van der Waals surface area contributed by atoms with Crippen LogP contribution in [0.4, 0.5) is 0 Å². The molecule has 0 aliphatic carbocycles. The molecular weight excluding hydrogens is 847 g/mol. The zero-order valence-corrected chi connectivity index (χ0v) is 36.2. The molecule has 1 aliphatic rings. The van der Waals surface area contributed by atoms with Gasteiger partial charge in [-0.1, -0.05) is 60.7 Å². The van der Waals surface area contributed by atoms with E-state index >= 15 is 0 Å². The fourth-order valence-corrected chi connectivity index (χ4v) is 7.65. The van der Waals surface area contributed by atoms with Gasteiger partial charge in [0.15, 0.2) is 5.96 Å². The molecule has 3 heterocycles. The second-order valence-corrected chi connectivity index (χ2v) is 16.0. The van der Waals surface area contributed by atoms with Gasteiger partial charge >= 0.3 is 0 Å². The first kappa shape index (κ1) is 47.4. The Labute approximate surface area is 380 Å². The number of nitrogens with two attached hydrogens (primary N) is 3. The number of para-hydroxylation sites is 1. The summed E-state index contributed by atoms with van der Waals surface area (Å²) in [5.74, 6) is -5.23. The molecule has 0 fully saturated rings. The Morgan fingerprint density at radius 2 is 1.27 bits per heavy atom. The van der Waals surface area contributed by atoms with E-state index in [1.54, 1.807) is 48.7 Å². The number of amides is 7. The third-order valence-corrected chi connectivity index (χ3v) is 11.1. The summed E-state index contributed by atoms with van der Waals surface area (Å²) in [6.07, 6.45) is 5.52. The topological polar surface area (TPSA) is 327 Å². The van der Waals surface area contributed by atoms with Crippen LogP contribution in [0.1, 0.15) is 69.6 Å². The van der Waals surface area contributed by atoms with Crippen LogP contribution in [0.15, 0.2) is 103 Å². The number of aromatic amines is 2. The minimum absolute atomic E-state index is 0.00361. The smallest absolute Gasteiger partial charge is 0.252 e. The highest BCUT2D eigenvalue weighted by Gasteiger charge is 2.34. The molecule has 0 spiro atoms. The van der Waals surface area contributed by atoms with E-state index in [1.807, 2.05) is 24.3 Å². The van der Waals surface area contributed by atoms with Crippen molar-refractivity contribution in [3.8, 4) is 0 Å². The van der Waals surface area contributed by atoms with Crippen LogP contribution in [0.2, 0.25) is 0 Å². The first-order valence-corrected chi connectivity index (χ1v) is 21.7. The molecule has 0 bridgehead atoms. The molecule has 14 N–H and O–H groups in total. The number of nitrogens with one attached hydrogen (secondary N) is 8. The first-order valence-electron chi connectivity index (χ1n) is 21.7. The highest BCUT2D eigenvalue weighted by molar-refractivity contribution is 6.08. The zero-order chi connectivity index (χ0) is 47.0. The van der Waals surface area contributed by atoms with Gasteiger partial charge in [-0.05, 0) is 61.4 Å². The lowest BCUT2D eigenvalue weighted by Crippen LogP contribution is -2.60. The number of rotatable bonds is 11. The van der Waals surface area contributed by atoms with E-state index in [-0.39, 0.29) is 68.7 Å². The van der Waals surface area contributed by atoms with Crippen LogP contribution >= 0.6 is 0 Å². The van der Waals surface area contributed by atoms with E-state index in [1.165, 1.54) is 24.7 Å². The Kier molecular flexibility index (Phi) is 16.6. The van der Waals surface area contributed by atoms with Crippen molar-refractivity contribution in [2.45, 2.75) is 81.6 Å². The third-order valence-electron chi connectivity index (χ3n) is 11.1. The van der Waals surface area contributed by atoms with Gasteiger partial charge in [0.05, 0.1) is 17.5 Å². The lowest BCUT2D eigenvalue weighted by atomic mass is 10.0. The van der Waals surface area contributed by atoms with E-state index in [9.17, 15) is 33.6 Å². The van der Waals surface area contributed by atoms with Crippen LogP contribution in [-0.4, -0.2) is 106 Å². The molecule has 20 nitrogen and oxygen atoms in total. The maximum Gasteiger partial charge on any atom is 0.252 e. The summed E-state index contributed by atoms with van der Waals surface area (Å²) >= 11 is 0. The van der Waals surface area contributed by atoms with Crippen molar-refractivity contribution >= 4 is 58.2 Å². The van der Waals surface area contributed by atoms with Crippen LogP contribution in [0.3, 0.4) is 0 Å². The summed E-state index contributed by atoms with van der Waals surface area (Å²) in [4.78, 5) is 112. The van der Waals surface area contributed by atoms with Crippen molar-refractivity contribution in [3.63, 3.8) is 0 Å². The molecule has 0 unspecified atom stereocenters. The summed E-state index contributed by atoms with van der Waals surface area (Å²) in [7, 11) is 0. The van der Waals surface area contributed by atoms with E-state index in [4.69, 9.17) is 17.2 Å². The maximum absolute atomic E-state index is 14.5. The van der Waals surface area contributed by atoms with Gasteiger partial charge in [0.2, 0.25) is 29.5 Å². The van der Waals surface area contributed by atoms with Crippen molar-refractivity contribution in [1.82, 2.24) is 46.9 Å². The van der Waals surface area contributed by atoms with Gasteiger partial charge in [-0.3, -0.25) is 38.6 Å². The average molecular weight is 902 g/mol. The number of aliphatic imine (C=N–C) groups is 1. The van der Waals surface area contributed by atoms with Crippen molar-refractivity contribution in [2.24, 2.45) is 22.2 Å². The molecule has 5 aromatic rings. The highest BCUT2D eigenvalue weighted by atomic mass is 16.2. The number of fused-ring (bicyclic) bond motifs is 2. The van der Waals surface area contributed by atoms with Crippen LogP contribution in [0.5, 0.6) is 0 Å². The first-order chi connectivity index (χ1) is 31.9. The van der Waals surface area contributed by atoms with E-state index in [2.05, 4.69) is 51.8 Å². The van der Waals surface area contributed by atoms with Crippen LogP contribution < -0.4 is 49.1 Å². The van der Waals surface area contributed by atoms with Gasteiger partial charge in [0, 0.05) is 61.3 Å². The fraction of sp³-hybridized carbons (Fsp3) is 0.326. The molecule has 0 saturated carbocycles. The Hall–Kier alpha value is -8.03. The average Bonchev–Trinajstić information content (AvgIpc) is 3.98. The van der Waals surface area contributed by atoms with Crippen molar-refractivity contribution < 1.29 is 33.6 Å². The minimum atomic E-state index is -1.31. The van der Waals surface area contributed by atoms with Crippen LogP contribution in [0.25, 0.3) is 10.9 Å². The number of aromatic nitrogens is 3. The Morgan fingerprint density at radius 3 is 1.97 bits per heavy atom. The molecule has 5 atom stereocenters. The summed E-state index contributed by atoms with van der Waals surface area (Å²) in [6.45, 7) is 0.248. The Morgan fingerprint density at radius 1 is 0.652 bits per heavy atom. The second-order valence-electron chi connectivity index (χ2n) is 16.0. The predicted molar refractivity (Wildman–Crippen MR) is 245 cm³/mol. The second kappa shape index (κ2) is 23.1. The monoisotopic (exact) mass is 901 g/mol. The molecular formula is C46H55N13O7. The molecule has 20 heteroatoms. The molecule has 7 amide bonds. The van der Waals surface area contributed by atoms with Crippen molar-refractivity contribution in [3.05, 3.63) is 126 Å². The molecule has 6 rings (SSSR count). The van der Waals surface area contributed by atoms with Crippen LogP contribution in [-0.2, 0) is 43.2 Å². The normalized spacial score (nSPS) is 20.6. The lowest BCUT2D eigenvalue weighted by Gasteiger charge is -2.27. The molecule has 2 aromatic heterocycles. The van der Waals surface area contributed by atoms with Crippen LogP contribution in [0, 0.1) is 0 Å². The zero-order valence-electron chi connectivity index (χ0n) is 36.2. The Bertz CT molecular complexity index is 2520.